The fourth-order valence-electron chi connectivity index (χ4n) is 2.35. The number of nitrogens with zero attached hydrogens (tertiary/aromatic N) is 1. The summed E-state index contributed by atoms with van der Waals surface area (Å²) in [7, 11) is 1.76. The number of ether oxygens (including phenoxy) is 1. The van der Waals surface area contributed by atoms with Crippen LogP contribution in [0.15, 0.2) is 30.5 Å². The van der Waals surface area contributed by atoms with E-state index in [2.05, 4.69) is 10.3 Å². The molecule has 2 aromatic rings. The zero-order chi connectivity index (χ0) is 12.5. The number of pyridine rings is 1. The largest absolute Gasteiger partial charge is 0.381 e. The Morgan fingerprint density at radius 3 is 2.94 bits per heavy atom. The predicted molar refractivity (Wildman–Crippen MR) is 74.2 cm³/mol. The molecule has 3 nitrogen and oxygen atoms in total. The van der Waals surface area contributed by atoms with Crippen molar-refractivity contribution < 1.29 is 4.74 Å². The average Bonchev–Trinajstić information content (AvgIpc) is 2.36. The van der Waals surface area contributed by atoms with Gasteiger partial charge in [-0.25, -0.2) is 0 Å². The van der Waals surface area contributed by atoms with Gasteiger partial charge in [0.2, 0.25) is 0 Å². The number of nitrogens with one attached hydrogen (secondary N) is 1. The summed E-state index contributed by atoms with van der Waals surface area (Å²) in [5.74, 6) is 0. The van der Waals surface area contributed by atoms with Crippen molar-refractivity contribution in [2.75, 3.05) is 12.4 Å². The second-order valence-electron chi connectivity index (χ2n) is 4.66. The molecular formula is C14H15ClN2O. The lowest BCUT2D eigenvalue weighted by Crippen LogP contribution is -2.40. The Kier molecular flexibility index (Phi) is 3.10. The van der Waals surface area contributed by atoms with Crippen molar-refractivity contribution in [3.8, 4) is 0 Å². The first-order valence-corrected chi connectivity index (χ1v) is 6.48. The topological polar surface area (TPSA) is 34.1 Å². The van der Waals surface area contributed by atoms with Crippen molar-refractivity contribution in [2.45, 2.75) is 25.0 Å². The van der Waals surface area contributed by atoms with Gasteiger partial charge in [-0.15, -0.1) is 0 Å². The number of aromatic nitrogens is 1. The average molecular weight is 263 g/mol. The lowest BCUT2D eigenvalue weighted by molar-refractivity contribution is 0.0329. The molecule has 1 aromatic carbocycles. The van der Waals surface area contributed by atoms with Crippen molar-refractivity contribution in [2.24, 2.45) is 0 Å². The molecule has 0 radical (unpaired) electrons. The van der Waals surface area contributed by atoms with Gasteiger partial charge in [-0.1, -0.05) is 11.6 Å². The molecule has 0 atom stereocenters. The predicted octanol–water partition coefficient (Wildman–Crippen LogP) is 3.48. The zero-order valence-corrected chi connectivity index (χ0v) is 10.9. The SMILES string of the molecule is COC1CC(Nc2ccc(Cl)c3cccnc23)C1. The Balaban J connectivity index is 1.87. The fraction of sp³-hybridized carbons (Fsp3) is 0.357. The van der Waals surface area contributed by atoms with E-state index in [0.29, 0.717) is 12.1 Å². The van der Waals surface area contributed by atoms with Crippen LogP contribution in [0.1, 0.15) is 12.8 Å². The van der Waals surface area contributed by atoms with Gasteiger partial charge >= 0.3 is 0 Å². The fourth-order valence-corrected chi connectivity index (χ4v) is 2.57. The molecule has 18 heavy (non-hydrogen) atoms. The Bertz CT molecular complexity index is 567. The van der Waals surface area contributed by atoms with Crippen molar-refractivity contribution in [3.63, 3.8) is 0 Å². The molecule has 1 aromatic heterocycles. The molecule has 0 unspecified atom stereocenters. The van der Waals surface area contributed by atoms with Gasteiger partial charge in [0, 0.05) is 24.7 Å². The number of rotatable bonds is 3. The van der Waals surface area contributed by atoms with Crippen LogP contribution in [-0.4, -0.2) is 24.2 Å². The minimum Gasteiger partial charge on any atom is -0.381 e. The Labute approximate surface area is 111 Å². The van der Waals surface area contributed by atoms with Crippen molar-refractivity contribution >= 4 is 28.2 Å². The Morgan fingerprint density at radius 2 is 2.17 bits per heavy atom. The molecule has 0 saturated heterocycles. The van der Waals surface area contributed by atoms with Crippen LogP contribution in [-0.2, 0) is 4.74 Å². The van der Waals surface area contributed by atoms with Crippen LogP contribution in [0.4, 0.5) is 5.69 Å². The van der Waals surface area contributed by atoms with E-state index < -0.39 is 0 Å². The first-order valence-electron chi connectivity index (χ1n) is 6.10. The molecule has 1 fully saturated rings. The summed E-state index contributed by atoms with van der Waals surface area (Å²) in [4.78, 5) is 4.41. The van der Waals surface area contributed by atoms with Crippen molar-refractivity contribution in [1.29, 1.82) is 0 Å². The maximum atomic E-state index is 6.17. The molecule has 0 spiro atoms. The van der Waals surface area contributed by atoms with Gasteiger partial charge in [0.05, 0.1) is 22.3 Å². The number of hydrogen-bond acceptors (Lipinski definition) is 3. The maximum Gasteiger partial charge on any atom is 0.0948 e. The van der Waals surface area contributed by atoms with Crippen LogP contribution in [0, 0.1) is 0 Å². The quantitative estimate of drug-likeness (QED) is 0.920. The van der Waals surface area contributed by atoms with Crippen LogP contribution >= 0.6 is 11.6 Å². The third-order valence-electron chi connectivity index (χ3n) is 3.50. The highest BCUT2D eigenvalue weighted by atomic mass is 35.5. The second kappa shape index (κ2) is 4.75. The van der Waals surface area contributed by atoms with Gasteiger partial charge in [-0.2, -0.15) is 0 Å². The summed E-state index contributed by atoms with van der Waals surface area (Å²) in [6.07, 6.45) is 4.29. The van der Waals surface area contributed by atoms with Crippen LogP contribution < -0.4 is 5.32 Å². The van der Waals surface area contributed by atoms with Crippen LogP contribution in [0.3, 0.4) is 0 Å². The Morgan fingerprint density at radius 1 is 1.33 bits per heavy atom. The minimum absolute atomic E-state index is 0.397. The molecule has 4 heteroatoms. The number of hydrogen-bond donors (Lipinski definition) is 1. The van der Waals surface area contributed by atoms with Gasteiger partial charge < -0.3 is 10.1 Å². The van der Waals surface area contributed by atoms with E-state index in [4.69, 9.17) is 16.3 Å². The van der Waals surface area contributed by atoms with E-state index in [1.54, 1.807) is 13.3 Å². The molecule has 1 aliphatic carbocycles. The summed E-state index contributed by atoms with van der Waals surface area (Å²) in [5, 5.41) is 5.25. The standard InChI is InChI=1S/C14H15ClN2O/c1-18-10-7-9(8-10)17-13-5-4-12(15)11-3-2-6-16-14(11)13/h2-6,9-10,17H,7-8H2,1H3. The van der Waals surface area contributed by atoms with Gasteiger partial charge in [-0.05, 0) is 37.1 Å². The monoisotopic (exact) mass is 262 g/mol. The van der Waals surface area contributed by atoms with Gasteiger partial charge in [0.15, 0.2) is 0 Å². The molecule has 1 heterocycles. The van der Waals surface area contributed by atoms with E-state index in [-0.39, 0.29) is 0 Å². The Hall–Kier alpha value is -1.32. The number of fused-ring (bicyclic) bond motifs is 1. The lowest BCUT2D eigenvalue weighted by Gasteiger charge is -2.35. The first kappa shape index (κ1) is 11.8. The molecule has 3 rings (SSSR count). The van der Waals surface area contributed by atoms with Crippen LogP contribution in [0.25, 0.3) is 10.9 Å². The van der Waals surface area contributed by atoms with E-state index in [0.717, 1.165) is 34.5 Å². The summed E-state index contributed by atoms with van der Waals surface area (Å²) >= 11 is 6.17. The summed E-state index contributed by atoms with van der Waals surface area (Å²) in [6.45, 7) is 0. The van der Waals surface area contributed by atoms with E-state index >= 15 is 0 Å². The summed E-state index contributed by atoms with van der Waals surface area (Å²) in [6, 6.07) is 8.29. The molecule has 1 aliphatic rings. The summed E-state index contributed by atoms with van der Waals surface area (Å²) in [5.41, 5.74) is 1.99. The smallest absolute Gasteiger partial charge is 0.0948 e. The second-order valence-corrected chi connectivity index (χ2v) is 5.07. The van der Waals surface area contributed by atoms with Gasteiger partial charge in [0.25, 0.3) is 0 Å². The molecule has 1 saturated carbocycles. The molecule has 0 bridgehead atoms. The summed E-state index contributed by atoms with van der Waals surface area (Å²) < 4.78 is 5.28. The first-order chi connectivity index (χ1) is 8.78. The minimum atomic E-state index is 0.397. The normalized spacial score (nSPS) is 22.8. The molecule has 1 N–H and O–H groups in total. The van der Waals surface area contributed by atoms with Crippen molar-refractivity contribution in [1.82, 2.24) is 4.98 Å². The van der Waals surface area contributed by atoms with Crippen molar-refractivity contribution in [3.05, 3.63) is 35.5 Å². The molecule has 0 aliphatic heterocycles. The lowest BCUT2D eigenvalue weighted by atomic mass is 9.89. The number of methoxy groups -OCH3 is 1. The highest BCUT2D eigenvalue weighted by molar-refractivity contribution is 6.35. The molecule has 0 amide bonds. The number of benzene rings is 1. The third kappa shape index (κ3) is 2.04. The van der Waals surface area contributed by atoms with Crippen LogP contribution in [0.2, 0.25) is 5.02 Å². The van der Waals surface area contributed by atoms with Gasteiger partial charge in [0.1, 0.15) is 0 Å². The number of anilines is 1. The maximum absolute atomic E-state index is 6.17. The van der Waals surface area contributed by atoms with Crippen LogP contribution in [0.5, 0.6) is 0 Å². The highest BCUT2D eigenvalue weighted by Gasteiger charge is 2.29. The van der Waals surface area contributed by atoms with E-state index in [1.165, 1.54) is 0 Å². The van der Waals surface area contributed by atoms with Gasteiger partial charge in [-0.3, -0.25) is 4.98 Å². The molecule has 94 valence electrons. The highest BCUT2D eigenvalue weighted by Crippen LogP contribution is 2.32. The van der Waals surface area contributed by atoms with E-state index in [9.17, 15) is 0 Å². The molecular weight excluding hydrogens is 248 g/mol. The third-order valence-corrected chi connectivity index (χ3v) is 3.83. The number of halogens is 1. The zero-order valence-electron chi connectivity index (χ0n) is 10.2. The van der Waals surface area contributed by atoms with E-state index in [1.807, 2.05) is 24.3 Å².